The minimum atomic E-state index is -1.56. The molecule has 0 aliphatic rings. The fourth-order valence-corrected chi connectivity index (χ4v) is 4.85. The van der Waals surface area contributed by atoms with Gasteiger partial charge in [-0.3, -0.25) is 14.0 Å². The summed E-state index contributed by atoms with van der Waals surface area (Å²) in [6.45, 7) is 4.03. The second-order valence-electron chi connectivity index (χ2n) is 6.78. The average molecular weight is 441 g/mol. The normalized spacial score (nSPS) is 13.8. The SMILES string of the molecule is CC(C)C[C@H](CO)Nc1nc([S@@](=O)Cc2ccccc2Cl)nc2[nH]c(=O)sc12. The second-order valence-corrected chi connectivity index (χ2v) is 9.52. The van der Waals surface area contributed by atoms with Gasteiger partial charge in [0.25, 0.3) is 0 Å². The number of halogens is 1. The molecule has 2 aromatic heterocycles. The van der Waals surface area contributed by atoms with Gasteiger partial charge in [0.2, 0.25) is 5.16 Å². The van der Waals surface area contributed by atoms with Gasteiger partial charge in [0, 0.05) is 5.02 Å². The Hall–Kier alpha value is -1.81. The third-order valence-corrected chi connectivity index (χ3v) is 6.44. The van der Waals surface area contributed by atoms with E-state index in [2.05, 4.69) is 34.1 Å². The number of nitrogens with one attached hydrogen (secondary N) is 2. The van der Waals surface area contributed by atoms with Crippen molar-refractivity contribution in [3.05, 3.63) is 44.5 Å². The van der Waals surface area contributed by atoms with Gasteiger partial charge in [-0.15, -0.1) is 0 Å². The highest BCUT2D eigenvalue weighted by Crippen LogP contribution is 2.25. The van der Waals surface area contributed by atoms with E-state index in [1.54, 1.807) is 18.2 Å². The fourth-order valence-electron chi connectivity index (χ4n) is 2.79. The first kappa shape index (κ1) is 20.9. The van der Waals surface area contributed by atoms with Gasteiger partial charge >= 0.3 is 4.87 Å². The molecule has 0 bridgehead atoms. The van der Waals surface area contributed by atoms with Crippen molar-refractivity contribution in [2.24, 2.45) is 5.92 Å². The number of thiazole rings is 1. The Bertz CT molecular complexity index is 1050. The molecule has 0 fully saturated rings. The van der Waals surface area contributed by atoms with Gasteiger partial charge in [0.05, 0.1) is 29.2 Å². The number of anilines is 1. The number of benzene rings is 1. The van der Waals surface area contributed by atoms with Crippen LogP contribution in [0, 0.1) is 5.92 Å². The van der Waals surface area contributed by atoms with Crippen molar-refractivity contribution in [1.82, 2.24) is 15.0 Å². The summed E-state index contributed by atoms with van der Waals surface area (Å²) in [5.41, 5.74) is 1.06. The maximum Gasteiger partial charge on any atom is 0.306 e. The monoisotopic (exact) mass is 440 g/mol. The predicted octanol–water partition coefficient (Wildman–Crippen LogP) is 3.16. The lowest BCUT2D eigenvalue weighted by atomic mass is 10.0. The first-order valence-electron chi connectivity index (χ1n) is 8.77. The fraction of sp³-hybridized carbons (Fsp3) is 0.389. The molecule has 3 aromatic rings. The van der Waals surface area contributed by atoms with Crippen LogP contribution in [0.2, 0.25) is 5.02 Å². The maximum atomic E-state index is 12.9. The minimum Gasteiger partial charge on any atom is -0.394 e. The summed E-state index contributed by atoms with van der Waals surface area (Å²) in [6.07, 6.45) is 0.722. The van der Waals surface area contributed by atoms with Crippen LogP contribution >= 0.6 is 22.9 Å². The van der Waals surface area contributed by atoms with Crippen LogP contribution in [-0.4, -0.2) is 36.9 Å². The summed E-state index contributed by atoms with van der Waals surface area (Å²) in [7, 11) is -1.56. The lowest BCUT2D eigenvalue weighted by molar-refractivity contribution is 0.259. The Kier molecular flexibility index (Phi) is 6.82. The van der Waals surface area contributed by atoms with E-state index in [4.69, 9.17) is 11.6 Å². The van der Waals surface area contributed by atoms with Crippen LogP contribution < -0.4 is 10.2 Å². The van der Waals surface area contributed by atoms with E-state index in [1.165, 1.54) is 0 Å². The van der Waals surface area contributed by atoms with E-state index < -0.39 is 10.8 Å². The zero-order valence-electron chi connectivity index (χ0n) is 15.4. The van der Waals surface area contributed by atoms with Crippen molar-refractivity contribution in [1.29, 1.82) is 0 Å². The van der Waals surface area contributed by atoms with Crippen LogP contribution in [0.15, 0.2) is 34.2 Å². The van der Waals surface area contributed by atoms with Crippen LogP contribution in [0.3, 0.4) is 0 Å². The molecule has 0 spiro atoms. The maximum absolute atomic E-state index is 12.9. The number of aliphatic hydroxyl groups is 1. The third-order valence-electron chi connectivity index (χ3n) is 4.03. The number of hydrogen-bond donors (Lipinski definition) is 3. The number of rotatable bonds is 8. The van der Waals surface area contributed by atoms with E-state index in [1.807, 2.05) is 6.07 Å². The van der Waals surface area contributed by atoms with Crippen molar-refractivity contribution < 1.29 is 9.32 Å². The van der Waals surface area contributed by atoms with Crippen LogP contribution in [0.5, 0.6) is 0 Å². The van der Waals surface area contributed by atoms with Crippen molar-refractivity contribution in [3.63, 3.8) is 0 Å². The standard InChI is InChI=1S/C18H21ClN4O3S2/c1-10(2)7-12(8-24)20-15-14-16(23-18(25)27-14)22-17(21-15)28(26)9-11-5-3-4-6-13(11)19/h3-6,10,12,24H,7-9H2,1-2H3,(H2,20,21,22,23,25)/t12-,28+/m1/s1. The van der Waals surface area contributed by atoms with Gasteiger partial charge in [0.1, 0.15) is 4.70 Å². The summed E-state index contributed by atoms with van der Waals surface area (Å²) < 4.78 is 13.4. The number of nitrogens with zero attached hydrogens (tertiary/aromatic N) is 2. The molecule has 0 saturated carbocycles. The highest BCUT2D eigenvalue weighted by Gasteiger charge is 2.19. The molecule has 7 nitrogen and oxygen atoms in total. The number of H-pyrrole nitrogens is 1. The summed E-state index contributed by atoms with van der Waals surface area (Å²) in [5, 5.41) is 13.5. The van der Waals surface area contributed by atoms with Crippen LogP contribution in [0.25, 0.3) is 10.3 Å². The van der Waals surface area contributed by atoms with Gasteiger partial charge in [-0.05, 0) is 24.0 Å². The molecular formula is C18H21ClN4O3S2. The zero-order valence-corrected chi connectivity index (χ0v) is 17.8. The first-order valence-corrected chi connectivity index (χ1v) is 11.3. The molecule has 0 unspecified atom stereocenters. The average Bonchev–Trinajstić information content (AvgIpc) is 3.03. The van der Waals surface area contributed by atoms with Gasteiger partial charge in [0.15, 0.2) is 11.5 Å². The molecule has 0 aliphatic carbocycles. The molecule has 10 heteroatoms. The molecule has 28 heavy (non-hydrogen) atoms. The van der Waals surface area contributed by atoms with E-state index >= 15 is 0 Å². The molecule has 0 saturated heterocycles. The molecule has 0 aliphatic heterocycles. The van der Waals surface area contributed by atoms with E-state index in [0.29, 0.717) is 27.1 Å². The topological polar surface area (TPSA) is 108 Å². The molecule has 2 heterocycles. The largest absolute Gasteiger partial charge is 0.394 e. The third kappa shape index (κ3) is 4.96. The molecule has 150 valence electrons. The van der Waals surface area contributed by atoms with Crippen molar-refractivity contribution in [2.75, 3.05) is 11.9 Å². The van der Waals surface area contributed by atoms with Crippen LogP contribution in [0.1, 0.15) is 25.8 Å². The molecular weight excluding hydrogens is 420 g/mol. The minimum absolute atomic E-state index is 0.0823. The summed E-state index contributed by atoms with van der Waals surface area (Å²) in [4.78, 5) is 22.9. The molecule has 2 atom stereocenters. The van der Waals surface area contributed by atoms with Crippen molar-refractivity contribution in [2.45, 2.75) is 37.2 Å². The van der Waals surface area contributed by atoms with E-state index in [-0.39, 0.29) is 28.4 Å². The molecule has 0 radical (unpaired) electrons. The van der Waals surface area contributed by atoms with Crippen LogP contribution in [0.4, 0.5) is 5.82 Å². The lowest BCUT2D eigenvalue weighted by Crippen LogP contribution is -2.26. The highest BCUT2D eigenvalue weighted by atomic mass is 35.5. The van der Waals surface area contributed by atoms with Gasteiger partial charge in [-0.2, -0.15) is 0 Å². The molecule has 3 rings (SSSR count). The number of aromatic nitrogens is 3. The van der Waals surface area contributed by atoms with E-state index in [9.17, 15) is 14.1 Å². The predicted molar refractivity (Wildman–Crippen MR) is 114 cm³/mol. The Morgan fingerprint density at radius 1 is 1.32 bits per heavy atom. The molecule has 3 N–H and O–H groups in total. The van der Waals surface area contributed by atoms with Gasteiger partial charge in [-0.1, -0.05) is 55.0 Å². The quantitative estimate of drug-likeness (QED) is 0.464. The Morgan fingerprint density at radius 2 is 2.07 bits per heavy atom. The Balaban J connectivity index is 1.96. The number of fused-ring (bicyclic) bond motifs is 1. The van der Waals surface area contributed by atoms with Crippen molar-refractivity contribution >= 4 is 49.9 Å². The van der Waals surface area contributed by atoms with Gasteiger partial charge in [-0.25, -0.2) is 9.97 Å². The van der Waals surface area contributed by atoms with E-state index in [0.717, 1.165) is 23.3 Å². The first-order chi connectivity index (χ1) is 13.4. The summed E-state index contributed by atoms with van der Waals surface area (Å²) in [6, 6.07) is 6.93. The summed E-state index contributed by atoms with van der Waals surface area (Å²) >= 11 is 7.14. The number of aliphatic hydroxyl groups excluding tert-OH is 1. The Labute approximate surface area is 173 Å². The highest BCUT2D eigenvalue weighted by molar-refractivity contribution is 7.84. The molecule has 0 amide bonds. The Morgan fingerprint density at radius 3 is 2.75 bits per heavy atom. The smallest absolute Gasteiger partial charge is 0.306 e. The zero-order chi connectivity index (χ0) is 20.3. The number of aromatic amines is 1. The number of hydrogen-bond acceptors (Lipinski definition) is 7. The van der Waals surface area contributed by atoms with Crippen LogP contribution in [-0.2, 0) is 16.6 Å². The summed E-state index contributed by atoms with van der Waals surface area (Å²) in [5.74, 6) is 0.922. The lowest BCUT2D eigenvalue weighted by Gasteiger charge is -2.19. The van der Waals surface area contributed by atoms with Crippen molar-refractivity contribution in [3.8, 4) is 0 Å². The molecule has 1 aromatic carbocycles. The van der Waals surface area contributed by atoms with Gasteiger partial charge < -0.3 is 10.4 Å². The second kappa shape index (κ2) is 9.13.